The molecule has 1 aromatic carbocycles. The zero-order valence-electron chi connectivity index (χ0n) is 11.3. The van der Waals surface area contributed by atoms with Crippen molar-refractivity contribution in [3.8, 4) is 0 Å². The molecule has 1 unspecified atom stereocenters. The summed E-state index contributed by atoms with van der Waals surface area (Å²) in [6.45, 7) is 5.69. The Morgan fingerprint density at radius 1 is 1.32 bits per heavy atom. The predicted molar refractivity (Wildman–Crippen MR) is 74.2 cm³/mol. The van der Waals surface area contributed by atoms with Crippen molar-refractivity contribution in [2.45, 2.75) is 26.8 Å². The van der Waals surface area contributed by atoms with Crippen molar-refractivity contribution in [2.24, 2.45) is 5.92 Å². The lowest BCUT2D eigenvalue weighted by Crippen LogP contribution is -2.45. The lowest BCUT2D eigenvalue weighted by atomic mass is 10.0. The van der Waals surface area contributed by atoms with Gasteiger partial charge < -0.3 is 10.1 Å². The van der Waals surface area contributed by atoms with Crippen molar-refractivity contribution >= 4 is 23.5 Å². The summed E-state index contributed by atoms with van der Waals surface area (Å²) in [6, 6.07) is 6.02. The van der Waals surface area contributed by atoms with Crippen LogP contribution in [0, 0.1) is 5.92 Å². The SMILES string of the molecule is CCOC(=O)C(NC(=O)c1ccccc1Cl)C(C)C. The van der Waals surface area contributed by atoms with E-state index in [0.29, 0.717) is 10.6 Å². The van der Waals surface area contributed by atoms with Gasteiger partial charge in [0.25, 0.3) is 5.91 Å². The summed E-state index contributed by atoms with van der Waals surface area (Å²) in [6.07, 6.45) is 0. The van der Waals surface area contributed by atoms with Gasteiger partial charge in [0.2, 0.25) is 0 Å². The molecule has 0 bridgehead atoms. The largest absolute Gasteiger partial charge is 0.464 e. The molecule has 1 amide bonds. The van der Waals surface area contributed by atoms with Gasteiger partial charge in [0.05, 0.1) is 17.2 Å². The molecule has 0 aliphatic rings. The monoisotopic (exact) mass is 283 g/mol. The lowest BCUT2D eigenvalue weighted by molar-refractivity contribution is -0.146. The van der Waals surface area contributed by atoms with Crippen LogP contribution >= 0.6 is 11.6 Å². The first kappa shape index (κ1) is 15.5. The number of hydrogen-bond acceptors (Lipinski definition) is 3. The van der Waals surface area contributed by atoms with Gasteiger partial charge in [-0.25, -0.2) is 4.79 Å². The van der Waals surface area contributed by atoms with E-state index in [-0.39, 0.29) is 18.4 Å². The van der Waals surface area contributed by atoms with Crippen LogP contribution in [0.25, 0.3) is 0 Å². The number of esters is 1. The minimum Gasteiger partial charge on any atom is -0.464 e. The van der Waals surface area contributed by atoms with E-state index in [4.69, 9.17) is 16.3 Å². The molecule has 104 valence electrons. The maximum absolute atomic E-state index is 12.1. The Hall–Kier alpha value is -1.55. The van der Waals surface area contributed by atoms with Crippen LogP contribution in [0.5, 0.6) is 0 Å². The number of halogens is 1. The highest BCUT2D eigenvalue weighted by atomic mass is 35.5. The zero-order valence-corrected chi connectivity index (χ0v) is 12.0. The van der Waals surface area contributed by atoms with Gasteiger partial charge in [-0.2, -0.15) is 0 Å². The third kappa shape index (κ3) is 4.24. The molecule has 5 heteroatoms. The highest BCUT2D eigenvalue weighted by Gasteiger charge is 2.26. The molecule has 0 aliphatic carbocycles. The standard InChI is InChI=1S/C14H18ClNO3/c1-4-19-14(18)12(9(2)3)16-13(17)10-7-5-6-8-11(10)15/h5-9,12H,4H2,1-3H3,(H,16,17). The van der Waals surface area contributed by atoms with Crippen LogP contribution in [-0.4, -0.2) is 24.5 Å². The molecule has 0 fully saturated rings. The van der Waals surface area contributed by atoms with Gasteiger partial charge >= 0.3 is 5.97 Å². The Bertz CT molecular complexity index is 460. The number of ether oxygens (including phenoxy) is 1. The predicted octanol–water partition coefficient (Wildman–Crippen LogP) is 2.66. The second-order valence-corrected chi connectivity index (χ2v) is 4.83. The number of carbonyl (C=O) groups is 2. The molecule has 0 saturated heterocycles. The Morgan fingerprint density at radius 3 is 2.47 bits per heavy atom. The number of amides is 1. The number of hydrogen-bond donors (Lipinski definition) is 1. The first-order valence-electron chi connectivity index (χ1n) is 6.19. The maximum Gasteiger partial charge on any atom is 0.328 e. The average Bonchev–Trinajstić information content (AvgIpc) is 2.36. The van der Waals surface area contributed by atoms with Gasteiger partial charge in [-0.1, -0.05) is 37.6 Å². The fourth-order valence-corrected chi connectivity index (χ4v) is 1.82. The van der Waals surface area contributed by atoms with E-state index in [1.807, 2.05) is 13.8 Å². The first-order chi connectivity index (χ1) is 8.97. The molecular weight excluding hydrogens is 266 g/mol. The third-order valence-electron chi connectivity index (χ3n) is 2.61. The molecule has 1 aromatic rings. The van der Waals surface area contributed by atoms with Crippen LogP contribution in [0.4, 0.5) is 0 Å². The topological polar surface area (TPSA) is 55.4 Å². The molecular formula is C14H18ClNO3. The van der Waals surface area contributed by atoms with Crippen LogP contribution in [0.2, 0.25) is 5.02 Å². The molecule has 0 aliphatic heterocycles. The molecule has 19 heavy (non-hydrogen) atoms. The summed E-state index contributed by atoms with van der Waals surface area (Å²) < 4.78 is 4.95. The Kier molecular flexibility index (Phi) is 5.83. The number of nitrogens with one attached hydrogen (secondary N) is 1. The fraction of sp³-hybridized carbons (Fsp3) is 0.429. The third-order valence-corrected chi connectivity index (χ3v) is 2.94. The second kappa shape index (κ2) is 7.14. The van der Waals surface area contributed by atoms with Gasteiger partial charge in [-0.3, -0.25) is 4.79 Å². The quantitative estimate of drug-likeness (QED) is 0.845. The summed E-state index contributed by atoms with van der Waals surface area (Å²) in [7, 11) is 0. The van der Waals surface area contributed by atoms with Crippen molar-refractivity contribution in [1.82, 2.24) is 5.32 Å². The lowest BCUT2D eigenvalue weighted by Gasteiger charge is -2.20. The minimum absolute atomic E-state index is 0.0644. The average molecular weight is 284 g/mol. The summed E-state index contributed by atoms with van der Waals surface area (Å²) in [5.41, 5.74) is 0.346. The van der Waals surface area contributed by atoms with Gasteiger partial charge in [0.1, 0.15) is 6.04 Å². The van der Waals surface area contributed by atoms with Crippen molar-refractivity contribution in [1.29, 1.82) is 0 Å². The van der Waals surface area contributed by atoms with Gasteiger partial charge in [0.15, 0.2) is 0 Å². The van der Waals surface area contributed by atoms with E-state index in [2.05, 4.69) is 5.32 Å². The molecule has 0 spiro atoms. The van der Waals surface area contributed by atoms with Crippen molar-refractivity contribution < 1.29 is 14.3 Å². The van der Waals surface area contributed by atoms with E-state index in [9.17, 15) is 9.59 Å². The van der Waals surface area contributed by atoms with Crippen LogP contribution in [-0.2, 0) is 9.53 Å². The van der Waals surface area contributed by atoms with Gasteiger partial charge in [-0.15, -0.1) is 0 Å². The summed E-state index contributed by atoms with van der Waals surface area (Å²) in [4.78, 5) is 23.9. The summed E-state index contributed by atoms with van der Waals surface area (Å²) >= 11 is 5.95. The highest BCUT2D eigenvalue weighted by Crippen LogP contribution is 2.15. The molecule has 0 heterocycles. The van der Waals surface area contributed by atoms with Crippen LogP contribution in [0.1, 0.15) is 31.1 Å². The summed E-state index contributed by atoms with van der Waals surface area (Å²) in [5, 5.41) is 3.01. The maximum atomic E-state index is 12.1. The Balaban J connectivity index is 2.83. The van der Waals surface area contributed by atoms with Crippen molar-refractivity contribution in [3.63, 3.8) is 0 Å². The van der Waals surface area contributed by atoms with Gasteiger partial charge in [-0.05, 0) is 25.0 Å². The number of rotatable bonds is 5. The van der Waals surface area contributed by atoms with E-state index >= 15 is 0 Å². The Labute approximate surface area is 118 Å². The minimum atomic E-state index is -0.677. The molecule has 1 N–H and O–H groups in total. The molecule has 0 saturated carbocycles. The molecule has 0 aromatic heterocycles. The highest BCUT2D eigenvalue weighted by molar-refractivity contribution is 6.33. The molecule has 0 radical (unpaired) electrons. The summed E-state index contributed by atoms with van der Waals surface area (Å²) in [5.74, 6) is -0.874. The van der Waals surface area contributed by atoms with Crippen LogP contribution in [0.15, 0.2) is 24.3 Å². The second-order valence-electron chi connectivity index (χ2n) is 4.43. The van der Waals surface area contributed by atoms with E-state index in [0.717, 1.165) is 0 Å². The molecule has 1 rings (SSSR count). The number of carbonyl (C=O) groups excluding carboxylic acids is 2. The van der Waals surface area contributed by atoms with E-state index in [1.165, 1.54) is 0 Å². The smallest absolute Gasteiger partial charge is 0.328 e. The first-order valence-corrected chi connectivity index (χ1v) is 6.57. The van der Waals surface area contributed by atoms with E-state index in [1.54, 1.807) is 31.2 Å². The fourth-order valence-electron chi connectivity index (χ4n) is 1.59. The van der Waals surface area contributed by atoms with Crippen LogP contribution in [0.3, 0.4) is 0 Å². The molecule has 4 nitrogen and oxygen atoms in total. The molecule has 1 atom stereocenters. The van der Waals surface area contributed by atoms with Crippen molar-refractivity contribution in [3.05, 3.63) is 34.9 Å². The van der Waals surface area contributed by atoms with Crippen molar-refractivity contribution in [2.75, 3.05) is 6.61 Å². The van der Waals surface area contributed by atoms with Crippen LogP contribution < -0.4 is 5.32 Å². The normalized spacial score (nSPS) is 12.1. The van der Waals surface area contributed by atoms with E-state index < -0.39 is 12.0 Å². The van der Waals surface area contributed by atoms with Gasteiger partial charge in [0, 0.05) is 0 Å². The zero-order chi connectivity index (χ0) is 14.4. The Morgan fingerprint density at radius 2 is 1.95 bits per heavy atom. The number of benzene rings is 1.